The van der Waals surface area contributed by atoms with Crippen molar-refractivity contribution >= 4 is 30.1 Å². The Morgan fingerprint density at radius 3 is 2.68 bits per heavy atom. The summed E-state index contributed by atoms with van der Waals surface area (Å²) in [5, 5.41) is 8.21. The van der Waals surface area contributed by atoms with Crippen LogP contribution >= 0.6 is 0 Å². The summed E-state index contributed by atoms with van der Waals surface area (Å²) in [6.07, 6.45) is 8.77. The third-order valence-electron chi connectivity index (χ3n) is 3.71. The first-order valence-corrected chi connectivity index (χ1v) is 8.65. The lowest BCUT2D eigenvalue weighted by molar-refractivity contribution is -0.111. The van der Waals surface area contributed by atoms with E-state index in [1.807, 2.05) is 49.4 Å². The number of hydrogen-bond acceptors (Lipinski definition) is 4. The minimum Gasteiger partial charge on any atom is -0.397 e. The van der Waals surface area contributed by atoms with Gasteiger partial charge in [0.15, 0.2) is 0 Å². The van der Waals surface area contributed by atoms with Gasteiger partial charge in [-0.1, -0.05) is 48.6 Å². The molecule has 0 saturated carbocycles. The summed E-state index contributed by atoms with van der Waals surface area (Å²) in [5.74, 6) is -0.823. The highest BCUT2D eigenvalue weighted by Gasteiger charge is 2.03. The van der Waals surface area contributed by atoms with Crippen molar-refractivity contribution < 1.29 is 9.18 Å². The van der Waals surface area contributed by atoms with Gasteiger partial charge in [-0.15, -0.1) is 0 Å². The van der Waals surface area contributed by atoms with E-state index in [1.54, 1.807) is 17.3 Å². The number of hydrogen-bond donors (Lipinski definition) is 2. The van der Waals surface area contributed by atoms with Gasteiger partial charge in [-0.25, -0.2) is 4.39 Å². The zero-order valence-electron chi connectivity index (χ0n) is 15.7. The third-order valence-corrected chi connectivity index (χ3v) is 3.71. The quantitative estimate of drug-likeness (QED) is 0.235. The number of rotatable bonds is 8. The Hall–Kier alpha value is -3.67. The van der Waals surface area contributed by atoms with Gasteiger partial charge in [0.1, 0.15) is 5.82 Å². The van der Waals surface area contributed by atoms with Crippen molar-refractivity contribution in [3.05, 3.63) is 89.9 Å². The van der Waals surface area contributed by atoms with Crippen LogP contribution in [0.15, 0.2) is 83.6 Å². The van der Waals surface area contributed by atoms with E-state index in [0.29, 0.717) is 12.2 Å². The van der Waals surface area contributed by atoms with Crippen LogP contribution < -0.4 is 11.1 Å². The molecule has 28 heavy (non-hydrogen) atoms. The van der Waals surface area contributed by atoms with E-state index < -0.39 is 5.82 Å². The zero-order valence-corrected chi connectivity index (χ0v) is 15.7. The molecule has 3 N–H and O–H groups in total. The summed E-state index contributed by atoms with van der Waals surface area (Å²) in [6.45, 7) is 5.94. The SMILES string of the molecule is C=NN(/C=C(C)/C=C/C(=O)Nc1ccc(F)cc1N)C/C=C/c1ccccc1. The zero-order chi connectivity index (χ0) is 20.4. The topological polar surface area (TPSA) is 70.7 Å². The highest BCUT2D eigenvalue weighted by molar-refractivity contribution is 6.01. The van der Waals surface area contributed by atoms with Gasteiger partial charge in [0, 0.05) is 19.0 Å². The molecular formula is C22H23FN4O. The maximum atomic E-state index is 13.0. The molecule has 0 bridgehead atoms. The lowest BCUT2D eigenvalue weighted by Gasteiger charge is -2.11. The molecule has 2 aromatic carbocycles. The van der Waals surface area contributed by atoms with Crippen LogP contribution in [0.25, 0.3) is 6.08 Å². The van der Waals surface area contributed by atoms with Gasteiger partial charge in [0.25, 0.3) is 0 Å². The number of carbonyl (C=O) groups excluding carboxylic acids is 1. The molecule has 0 aliphatic rings. The fourth-order valence-electron chi connectivity index (χ4n) is 2.32. The van der Waals surface area contributed by atoms with E-state index in [0.717, 1.165) is 17.2 Å². The molecular weight excluding hydrogens is 355 g/mol. The van der Waals surface area contributed by atoms with Crippen LogP contribution in [0.1, 0.15) is 12.5 Å². The third kappa shape index (κ3) is 6.92. The summed E-state index contributed by atoms with van der Waals surface area (Å²) < 4.78 is 13.0. The molecule has 0 aliphatic carbocycles. The lowest BCUT2D eigenvalue weighted by atomic mass is 10.2. The van der Waals surface area contributed by atoms with Crippen molar-refractivity contribution in [2.45, 2.75) is 6.92 Å². The number of benzene rings is 2. The van der Waals surface area contributed by atoms with E-state index >= 15 is 0 Å². The van der Waals surface area contributed by atoms with Crippen LogP contribution in [0.5, 0.6) is 0 Å². The van der Waals surface area contributed by atoms with Gasteiger partial charge in [-0.3, -0.25) is 9.80 Å². The first kappa shape index (κ1) is 20.6. The Bertz CT molecular complexity index is 904. The van der Waals surface area contributed by atoms with E-state index in [2.05, 4.69) is 17.1 Å². The van der Waals surface area contributed by atoms with Gasteiger partial charge in [-0.05, 0) is 36.3 Å². The van der Waals surface area contributed by atoms with Crippen LogP contribution in [0.2, 0.25) is 0 Å². The molecule has 2 aromatic rings. The maximum absolute atomic E-state index is 13.0. The normalized spacial score (nSPS) is 11.7. The Morgan fingerprint density at radius 1 is 1.25 bits per heavy atom. The average Bonchev–Trinajstić information content (AvgIpc) is 2.68. The highest BCUT2D eigenvalue weighted by atomic mass is 19.1. The van der Waals surface area contributed by atoms with Crippen molar-refractivity contribution in [3.8, 4) is 0 Å². The monoisotopic (exact) mass is 378 g/mol. The summed E-state index contributed by atoms with van der Waals surface area (Å²) in [5.41, 5.74) is 8.11. The summed E-state index contributed by atoms with van der Waals surface area (Å²) >= 11 is 0. The summed E-state index contributed by atoms with van der Waals surface area (Å²) in [6, 6.07) is 13.7. The Morgan fingerprint density at radius 2 is 2.00 bits per heavy atom. The number of allylic oxidation sites excluding steroid dienone is 2. The van der Waals surface area contributed by atoms with Crippen LogP contribution in [0, 0.1) is 5.82 Å². The molecule has 0 atom stereocenters. The van der Waals surface area contributed by atoms with E-state index in [1.165, 1.54) is 18.2 Å². The molecule has 0 spiro atoms. The van der Waals surface area contributed by atoms with E-state index in [9.17, 15) is 9.18 Å². The van der Waals surface area contributed by atoms with Crippen molar-refractivity contribution in [2.24, 2.45) is 5.10 Å². The Kier molecular flexibility index (Phi) is 7.72. The van der Waals surface area contributed by atoms with Gasteiger partial charge >= 0.3 is 0 Å². The second-order valence-corrected chi connectivity index (χ2v) is 6.00. The molecule has 144 valence electrons. The number of nitrogens with zero attached hydrogens (tertiary/aromatic N) is 2. The largest absolute Gasteiger partial charge is 0.397 e. The molecule has 0 radical (unpaired) electrons. The van der Waals surface area contributed by atoms with Crippen molar-refractivity contribution in [1.29, 1.82) is 0 Å². The number of anilines is 2. The maximum Gasteiger partial charge on any atom is 0.248 e. The molecule has 0 heterocycles. The molecule has 2 rings (SSSR count). The fourth-order valence-corrected chi connectivity index (χ4v) is 2.32. The molecule has 0 saturated heterocycles. The van der Waals surface area contributed by atoms with Gasteiger partial charge in [-0.2, -0.15) is 5.10 Å². The number of nitrogens with one attached hydrogen (secondary N) is 1. The first-order chi connectivity index (χ1) is 13.5. The molecule has 0 unspecified atom stereocenters. The predicted octanol–water partition coefficient (Wildman–Crippen LogP) is 4.44. The molecule has 6 heteroatoms. The second kappa shape index (κ2) is 10.5. The minimum atomic E-state index is -0.455. The smallest absolute Gasteiger partial charge is 0.248 e. The van der Waals surface area contributed by atoms with Gasteiger partial charge in [0.05, 0.1) is 17.9 Å². The number of carbonyl (C=O) groups is 1. The van der Waals surface area contributed by atoms with E-state index in [-0.39, 0.29) is 11.6 Å². The summed E-state index contributed by atoms with van der Waals surface area (Å²) in [7, 11) is 0. The van der Waals surface area contributed by atoms with Crippen LogP contribution in [0.4, 0.5) is 15.8 Å². The summed E-state index contributed by atoms with van der Waals surface area (Å²) in [4.78, 5) is 12.0. The molecule has 5 nitrogen and oxygen atoms in total. The second-order valence-electron chi connectivity index (χ2n) is 6.00. The van der Waals surface area contributed by atoms with Gasteiger partial charge < -0.3 is 11.1 Å². The number of nitrogen functional groups attached to an aromatic ring is 1. The molecule has 0 aliphatic heterocycles. The Balaban J connectivity index is 1.92. The number of halogens is 1. The van der Waals surface area contributed by atoms with Crippen molar-refractivity contribution in [1.82, 2.24) is 5.01 Å². The lowest BCUT2D eigenvalue weighted by Crippen LogP contribution is -2.11. The van der Waals surface area contributed by atoms with Gasteiger partial charge in [0.2, 0.25) is 5.91 Å². The van der Waals surface area contributed by atoms with E-state index in [4.69, 9.17) is 5.73 Å². The highest BCUT2D eigenvalue weighted by Crippen LogP contribution is 2.19. The standard InChI is InChI=1S/C22H23FN4O/c1-17(10-13-22(28)26-21-12-11-19(23)15-20(21)24)16-27(25-2)14-6-9-18-7-4-3-5-8-18/h3-13,15-16H,2,14,24H2,1H3,(H,26,28)/b9-6+,13-10+,17-16+. The first-order valence-electron chi connectivity index (χ1n) is 8.65. The van der Waals surface area contributed by atoms with Crippen molar-refractivity contribution in [3.63, 3.8) is 0 Å². The van der Waals surface area contributed by atoms with Crippen LogP contribution in [-0.2, 0) is 4.79 Å². The van der Waals surface area contributed by atoms with Crippen LogP contribution in [-0.4, -0.2) is 24.2 Å². The number of nitrogens with two attached hydrogens (primary N) is 1. The molecule has 0 aromatic heterocycles. The number of amides is 1. The average molecular weight is 378 g/mol. The number of hydrazone groups is 1. The molecule has 1 amide bonds. The molecule has 0 fully saturated rings. The fraction of sp³-hybridized carbons (Fsp3) is 0.0909. The van der Waals surface area contributed by atoms with Crippen LogP contribution in [0.3, 0.4) is 0 Å². The van der Waals surface area contributed by atoms with Crippen molar-refractivity contribution in [2.75, 3.05) is 17.6 Å². The Labute approximate surface area is 164 Å². The predicted molar refractivity (Wildman–Crippen MR) is 114 cm³/mol. The minimum absolute atomic E-state index is 0.168.